The van der Waals surface area contributed by atoms with E-state index in [1.165, 1.54) is 5.56 Å². The Balaban J connectivity index is 2.29. The molecule has 0 heterocycles. The van der Waals surface area contributed by atoms with E-state index in [-0.39, 0.29) is 0 Å². The van der Waals surface area contributed by atoms with Gasteiger partial charge in [-0.05, 0) is 31.2 Å². The lowest BCUT2D eigenvalue weighted by molar-refractivity contribution is 0.0322. The predicted molar refractivity (Wildman–Crippen MR) is 58.8 cm³/mol. The van der Waals surface area contributed by atoms with Crippen molar-refractivity contribution in [3.8, 4) is 0 Å². The number of hydrogen-bond donors (Lipinski definition) is 2. The summed E-state index contributed by atoms with van der Waals surface area (Å²) in [7, 11) is 0. The normalized spacial score (nSPS) is 15.1. The number of nitrogens with two attached hydrogens (primary N) is 1. The molecule has 0 bridgehead atoms. The van der Waals surface area contributed by atoms with Gasteiger partial charge in [-0.2, -0.15) is 0 Å². The van der Waals surface area contributed by atoms with Crippen LogP contribution in [-0.2, 0) is 6.42 Å². The number of aliphatic hydroxyl groups is 1. The van der Waals surface area contributed by atoms with E-state index in [2.05, 4.69) is 12.1 Å². The Morgan fingerprint density at radius 3 is 2.50 bits per heavy atom. The smallest absolute Gasteiger partial charge is 0.113 e. The van der Waals surface area contributed by atoms with Gasteiger partial charge in [0.05, 0.1) is 0 Å². The molecule has 2 nitrogen and oxygen atoms in total. The van der Waals surface area contributed by atoms with Crippen LogP contribution >= 0.6 is 0 Å². The van der Waals surface area contributed by atoms with Gasteiger partial charge in [-0.15, -0.1) is 0 Å². The van der Waals surface area contributed by atoms with Crippen LogP contribution in [0, 0.1) is 0 Å². The monoisotopic (exact) mass is 193 g/mol. The van der Waals surface area contributed by atoms with Crippen molar-refractivity contribution < 1.29 is 5.11 Å². The van der Waals surface area contributed by atoms with E-state index in [1.54, 1.807) is 0 Å². The van der Waals surface area contributed by atoms with Crippen LogP contribution in [0.4, 0.5) is 0 Å². The van der Waals surface area contributed by atoms with Gasteiger partial charge in [0.25, 0.3) is 0 Å². The number of rotatable bonds is 5. The molecule has 0 aliphatic heterocycles. The summed E-state index contributed by atoms with van der Waals surface area (Å²) in [5, 5.41) is 9.58. The summed E-state index contributed by atoms with van der Waals surface area (Å²) in [5.41, 5.74) is 5.96. The Morgan fingerprint density at radius 1 is 1.29 bits per heavy atom. The van der Waals surface area contributed by atoms with E-state index in [0.717, 1.165) is 12.8 Å². The lowest BCUT2D eigenvalue weighted by atomic mass is 10.0. The molecule has 0 aromatic heterocycles. The van der Waals surface area contributed by atoms with Crippen molar-refractivity contribution in [1.29, 1.82) is 0 Å². The highest BCUT2D eigenvalue weighted by atomic mass is 16.3. The molecule has 0 aliphatic rings. The Labute approximate surface area is 85.8 Å². The van der Waals surface area contributed by atoms with Crippen LogP contribution in [0.2, 0.25) is 0 Å². The third-order valence-electron chi connectivity index (χ3n) is 2.53. The number of aryl methyl sites for hydroxylation is 1. The molecule has 0 radical (unpaired) electrons. The Morgan fingerprint density at radius 2 is 1.93 bits per heavy atom. The Hall–Kier alpha value is -0.860. The zero-order valence-corrected chi connectivity index (χ0v) is 8.74. The predicted octanol–water partition coefficient (Wildman–Crippen LogP) is 2.07. The van der Waals surface area contributed by atoms with Crippen molar-refractivity contribution >= 4 is 0 Å². The fourth-order valence-electron chi connectivity index (χ4n) is 1.42. The molecular formula is C12H19NO. The molecular weight excluding hydrogens is 174 g/mol. The minimum Gasteiger partial charge on any atom is -0.376 e. The molecule has 2 heteroatoms. The van der Waals surface area contributed by atoms with Crippen LogP contribution in [0.5, 0.6) is 0 Å². The third kappa shape index (κ3) is 3.90. The van der Waals surface area contributed by atoms with Crippen molar-refractivity contribution in [1.82, 2.24) is 0 Å². The minimum absolute atomic E-state index is 0.613. The third-order valence-corrected chi connectivity index (χ3v) is 2.53. The first-order chi connectivity index (χ1) is 6.64. The van der Waals surface area contributed by atoms with Gasteiger partial charge in [0.15, 0.2) is 0 Å². The van der Waals surface area contributed by atoms with Crippen molar-refractivity contribution in [2.24, 2.45) is 5.73 Å². The van der Waals surface area contributed by atoms with Crippen LogP contribution in [0.1, 0.15) is 31.7 Å². The van der Waals surface area contributed by atoms with Crippen molar-refractivity contribution in [3.05, 3.63) is 35.9 Å². The SMILES string of the molecule is CCC(N)(O)CCCc1ccccc1. The highest BCUT2D eigenvalue weighted by Gasteiger charge is 2.16. The maximum atomic E-state index is 9.58. The largest absolute Gasteiger partial charge is 0.376 e. The zero-order valence-electron chi connectivity index (χ0n) is 8.74. The van der Waals surface area contributed by atoms with Crippen molar-refractivity contribution in [2.75, 3.05) is 0 Å². The quantitative estimate of drug-likeness (QED) is 0.703. The molecule has 1 unspecified atom stereocenters. The van der Waals surface area contributed by atoms with Gasteiger partial charge in [-0.25, -0.2) is 0 Å². The molecule has 0 saturated heterocycles. The standard InChI is InChI=1S/C12H19NO/c1-2-12(13,14)10-6-9-11-7-4-3-5-8-11/h3-5,7-8,14H,2,6,9-10,13H2,1H3. The fraction of sp³-hybridized carbons (Fsp3) is 0.500. The van der Waals surface area contributed by atoms with E-state index in [9.17, 15) is 5.11 Å². The average molecular weight is 193 g/mol. The van der Waals surface area contributed by atoms with E-state index >= 15 is 0 Å². The van der Waals surface area contributed by atoms with Crippen LogP contribution in [0.25, 0.3) is 0 Å². The summed E-state index contributed by atoms with van der Waals surface area (Å²) in [4.78, 5) is 0. The Bertz CT molecular complexity index is 256. The van der Waals surface area contributed by atoms with E-state index < -0.39 is 5.72 Å². The summed E-state index contributed by atoms with van der Waals surface area (Å²) in [6, 6.07) is 10.3. The molecule has 1 atom stereocenters. The molecule has 3 N–H and O–H groups in total. The molecule has 78 valence electrons. The first kappa shape index (κ1) is 11.2. The lowest BCUT2D eigenvalue weighted by Gasteiger charge is -2.20. The first-order valence-electron chi connectivity index (χ1n) is 5.19. The second-order valence-corrected chi connectivity index (χ2v) is 3.80. The van der Waals surface area contributed by atoms with Crippen LogP contribution in [0.15, 0.2) is 30.3 Å². The lowest BCUT2D eigenvalue weighted by Crippen LogP contribution is -2.38. The first-order valence-corrected chi connectivity index (χ1v) is 5.19. The highest BCUT2D eigenvalue weighted by molar-refractivity contribution is 5.14. The molecule has 1 aromatic carbocycles. The molecule has 1 aromatic rings. The van der Waals surface area contributed by atoms with Crippen molar-refractivity contribution in [2.45, 2.75) is 38.3 Å². The van der Waals surface area contributed by atoms with Gasteiger partial charge in [0.1, 0.15) is 5.72 Å². The molecule has 14 heavy (non-hydrogen) atoms. The van der Waals surface area contributed by atoms with Crippen LogP contribution in [-0.4, -0.2) is 10.8 Å². The van der Waals surface area contributed by atoms with E-state index in [4.69, 9.17) is 5.73 Å². The maximum absolute atomic E-state index is 9.58. The van der Waals surface area contributed by atoms with Gasteiger partial charge in [-0.1, -0.05) is 37.3 Å². The van der Waals surface area contributed by atoms with E-state index in [1.807, 2.05) is 25.1 Å². The number of benzene rings is 1. The van der Waals surface area contributed by atoms with Gasteiger partial charge < -0.3 is 10.8 Å². The average Bonchev–Trinajstić information content (AvgIpc) is 2.19. The second kappa shape index (κ2) is 5.13. The van der Waals surface area contributed by atoms with Gasteiger partial charge in [0, 0.05) is 0 Å². The summed E-state index contributed by atoms with van der Waals surface area (Å²) in [6.07, 6.45) is 3.20. The van der Waals surface area contributed by atoms with E-state index in [0.29, 0.717) is 12.8 Å². The topological polar surface area (TPSA) is 46.2 Å². The van der Waals surface area contributed by atoms with Crippen molar-refractivity contribution in [3.63, 3.8) is 0 Å². The summed E-state index contributed by atoms with van der Waals surface area (Å²) in [5.74, 6) is 0. The summed E-state index contributed by atoms with van der Waals surface area (Å²) < 4.78 is 0. The molecule has 0 saturated carbocycles. The fourth-order valence-corrected chi connectivity index (χ4v) is 1.42. The molecule has 1 rings (SSSR count). The Kier molecular flexibility index (Phi) is 4.11. The molecule has 0 aliphatic carbocycles. The summed E-state index contributed by atoms with van der Waals surface area (Å²) >= 11 is 0. The molecule has 0 amide bonds. The van der Waals surface area contributed by atoms with Gasteiger partial charge in [0.2, 0.25) is 0 Å². The van der Waals surface area contributed by atoms with Crippen LogP contribution < -0.4 is 5.73 Å². The zero-order chi connectivity index (χ0) is 10.4. The van der Waals surface area contributed by atoms with Gasteiger partial charge >= 0.3 is 0 Å². The maximum Gasteiger partial charge on any atom is 0.113 e. The highest BCUT2D eigenvalue weighted by Crippen LogP contribution is 2.12. The number of hydrogen-bond acceptors (Lipinski definition) is 2. The summed E-state index contributed by atoms with van der Waals surface area (Å²) in [6.45, 7) is 1.91. The van der Waals surface area contributed by atoms with Crippen LogP contribution in [0.3, 0.4) is 0 Å². The second-order valence-electron chi connectivity index (χ2n) is 3.80. The molecule has 0 fully saturated rings. The van der Waals surface area contributed by atoms with Gasteiger partial charge in [-0.3, -0.25) is 0 Å². The minimum atomic E-state index is -0.977. The molecule has 0 spiro atoms.